The molecule has 0 rings (SSSR count). The Morgan fingerprint density at radius 3 is 2.29 bits per heavy atom. The largest absolute Gasteiger partial charge is 0.460 e. The Kier molecular flexibility index (Phi) is 8.17. The van der Waals surface area contributed by atoms with E-state index in [9.17, 15) is 4.79 Å². The molecule has 0 aromatic heterocycles. The first kappa shape index (κ1) is 16.4. The van der Waals surface area contributed by atoms with E-state index in [0.717, 1.165) is 32.8 Å². The minimum atomic E-state index is -0.389. The Hall–Kier alpha value is -0.610. The second kappa shape index (κ2) is 8.48. The van der Waals surface area contributed by atoms with Crippen molar-refractivity contribution in [2.75, 3.05) is 32.8 Å². The predicted molar refractivity (Wildman–Crippen MR) is 69.1 cm³/mol. The monoisotopic (exact) mass is 245 g/mol. The second-order valence-electron chi connectivity index (χ2n) is 4.97. The summed E-state index contributed by atoms with van der Waals surface area (Å²) < 4.78 is 10.6. The molecule has 0 aliphatic rings. The number of carbonyl (C=O) groups is 1. The fraction of sp³-hybridized carbons (Fsp3) is 0.923. The van der Waals surface area contributed by atoms with E-state index in [1.807, 2.05) is 27.7 Å². The summed E-state index contributed by atoms with van der Waals surface area (Å²) in [4.78, 5) is 13.7. The van der Waals surface area contributed by atoms with Gasteiger partial charge in [-0.1, -0.05) is 6.92 Å². The van der Waals surface area contributed by atoms with Gasteiger partial charge in [0.05, 0.1) is 13.0 Å². The van der Waals surface area contributed by atoms with E-state index in [4.69, 9.17) is 9.47 Å². The molecule has 0 aliphatic heterocycles. The maximum atomic E-state index is 11.5. The highest BCUT2D eigenvalue weighted by Crippen LogP contribution is 2.08. The van der Waals surface area contributed by atoms with Crippen LogP contribution in [-0.2, 0) is 14.3 Å². The van der Waals surface area contributed by atoms with Crippen molar-refractivity contribution in [3.05, 3.63) is 0 Å². The van der Waals surface area contributed by atoms with Crippen molar-refractivity contribution in [2.45, 2.75) is 46.6 Å². The molecular formula is C13H27NO3. The zero-order valence-electron chi connectivity index (χ0n) is 11.9. The van der Waals surface area contributed by atoms with Crippen LogP contribution in [0, 0.1) is 0 Å². The van der Waals surface area contributed by atoms with Gasteiger partial charge in [0.1, 0.15) is 5.60 Å². The van der Waals surface area contributed by atoms with Crippen molar-refractivity contribution >= 4 is 5.97 Å². The Balaban J connectivity index is 3.78. The molecule has 0 spiro atoms. The van der Waals surface area contributed by atoms with Gasteiger partial charge < -0.3 is 14.4 Å². The molecule has 4 heteroatoms. The maximum absolute atomic E-state index is 11.5. The summed E-state index contributed by atoms with van der Waals surface area (Å²) in [6.45, 7) is 13.7. The molecule has 0 unspecified atom stereocenters. The number of ether oxygens (including phenoxy) is 2. The van der Waals surface area contributed by atoms with Crippen LogP contribution in [-0.4, -0.2) is 49.3 Å². The molecule has 0 atom stereocenters. The number of hydrogen-bond donors (Lipinski definition) is 0. The van der Waals surface area contributed by atoms with E-state index in [1.165, 1.54) is 0 Å². The molecule has 0 heterocycles. The van der Waals surface area contributed by atoms with Crippen molar-refractivity contribution in [2.24, 2.45) is 0 Å². The van der Waals surface area contributed by atoms with Gasteiger partial charge in [-0.25, -0.2) is 0 Å². The van der Waals surface area contributed by atoms with Crippen molar-refractivity contribution < 1.29 is 14.3 Å². The average molecular weight is 245 g/mol. The van der Waals surface area contributed by atoms with Crippen LogP contribution in [0.3, 0.4) is 0 Å². The third kappa shape index (κ3) is 10.3. The Bertz CT molecular complexity index is 211. The number of carbonyl (C=O) groups excluding carboxylic acids is 1. The third-order valence-corrected chi connectivity index (χ3v) is 2.26. The number of nitrogens with zero attached hydrogens (tertiary/aromatic N) is 1. The van der Waals surface area contributed by atoms with E-state index in [1.54, 1.807) is 0 Å². The van der Waals surface area contributed by atoms with Gasteiger partial charge in [0, 0.05) is 19.7 Å². The van der Waals surface area contributed by atoms with Crippen LogP contribution in [0.2, 0.25) is 0 Å². The summed E-state index contributed by atoms with van der Waals surface area (Å²) in [5.41, 5.74) is -0.389. The molecule has 4 nitrogen and oxygen atoms in total. The Morgan fingerprint density at radius 2 is 1.82 bits per heavy atom. The molecule has 0 radical (unpaired) electrons. The lowest BCUT2D eigenvalue weighted by atomic mass is 10.2. The molecule has 17 heavy (non-hydrogen) atoms. The van der Waals surface area contributed by atoms with Crippen molar-refractivity contribution in [3.8, 4) is 0 Å². The standard InChI is InChI=1S/C13H27NO3/c1-6-14(10-11-16-7-2)9-8-12(15)17-13(3,4)5/h6-11H2,1-5H3. The van der Waals surface area contributed by atoms with E-state index < -0.39 is 0 Å². The van der Waals surface area contributed by atoms with Crippen LogP contribution in [0.5, 0.6) is 0 Å². The van der Waals surface area contributed by atoms with Crippen LogP contribution in [0.4, 0.5) is 0 Å². The number of rotatable bonds is 8. The van der Waals surface area contributed by atoms with E-state index in [0.29, 0.717) is 6.42 Å². The lowest BCUT2D eigenvalue weighted by Crippen LogP contribution is -2.32. The van der Waals surface area contributed by atoms with E-state index in [-0.39, 0.29) is 11.6 Å². The van der Waals surface area contributed by atoms with Gasteiger partial charge in [0.25, 0.3) is 0 Å². The van der Waals surface area contributed by atoms with Gasteiger partial charge in [0.15, 0.2) is 0 Å². The quantitative estimate of drug-likeness (QED) is 0.485. The summed E-state index contributed by atoms with van der Waals surface area (Å²) in [6, 6.07) is 0. The van der Waals surface area contributed by atoms with Crippen molar-refractivity contribution in [1.82, 2.24) is 4.90 Å². The third-order valence-electron chi connectivity index (χ3n) is 2.26. The molecule has 0 aromatic carbocycles. The molecule has 0 saturated carbocycles. The summed E-state index contributed by atoms with van der Waals surface area (Å²) >= 11 is 0. The normalized spacial score (nSPS) is 11.9. The summed E-state index contributed by atoms with van der Waals surface area (Å²) in [6.07, 6.45) is 0.442. The molecule has 0 fully saturated rings. The smallest absolute Gasteiger partial charge is 0.307 e. The predicted octanol–water partition coefficient (Wildman–Crippen LogP) is 2.08. The highest BCUT2D eigenvalue weighted by atomic mass is 16.6. The topological polar surface area (TPSA) is 38.8 Å². The van der Waals surface area contributed by atoms with Gasteiger partial charge in [0.2, 0.25) is 0 Å². The van der Waals surface area contributed by atoms with Crippen LogP contribution in [0.1, 0.15) is 41.0 Å². The van der Waals surface area contributed by atoms with Crippen LogP contribution >= 0.6 is 0 Å². The molecule has 102 valence electrons. The summed E-state index contributed by atoms with van der Waals surface area (Å²) in [5.74, 6) is -0.132. The number of likely N-dealkylation sites (N-methyl/N-ethyl adjacent to an activating group) is 1. The van der Waals surface area contributed by atoms with Gasteiger partial charge in [-0.05, 0) is 34.2 Å². The Morgan fingerprint density at radius 1 is 1.18 bits per heavy atom. The minimum Gasteiger partial charge on any atom is -0.460 e. The van der Waals surface area contributed by atoms with Crippen LogP contribution < -0.4 is 0 Å². The van der Waals surface area contributed by atoms with Crippen LogP contribution in [0.25, 0.3) is 0 Å². The molecule has 0 aliphatic carbocycles. The zero-order valence-corrected chi connectivity index (χ0v) is 11.9. The number of hydrogen-bond acceptors (Lipinski definition) is 4. The second-order valence-corrected chi connectivity index (χ2v) is 4.97. The highest BCUT2D eigenvalue weighted by Gasteiger charge is 2.16. The summed E-state index contributed by atoms with van der Waals surface area (Å²) in [7, 11) is 0. The fourth-order valence-corrected chi connectivity index (χ4v) is 1.41. The van der Waals surface area contributed by atoms with Gasteiger partial charge in [-0.3, -0.25) is 4.79 Å². The molecule has 0 aromatic rings. The Labute approximate surface area is 105 Å². The minimum absolute atomic E-state index is 0.132. The van der Waals surface area contributed by atoms with Gasteiger partial charge in [-0.15, -0.1) is 0 Å². The molecule has 0 bridgehead atoms. The maximum Gasteiger partial charge on any atom is 0.307 e. The first-order valence-corrected chi connectivity index (χ1v) is 6.41. The van der Waals surface area contributed by atoms with Gasteiger partial charge in [-0.2, -0.15) is 0 Å². The first-order valence-electron chi connectivity index (χ1n) is 6.41. The van der Waals surface area contributed by atoms with Crippen molar-refractivity contribution in [3.63, 3.8) is 0 Å². The molecule has 0 saturated heterocycles. The zero-order chi connectivity index (χ0) is 13.3. The summed E-state index contributed by atoms with van der Waals surface area (Å²) in [5, 5.41) is 0. The molecular weight excluding hydrogens is 218 g/mol. The lowest BCUT2D eigenvalue weighted by Gasteiger charge is -2.22. The SMILES string of the molecule is CCOCCN(CC)CCC(=O)OC(C)(C)C. The molecule has 0 N–H and O–H groups in total. The first-order chi connectivity index (χ1) is 7.89. The van der Waals surface area contributed by atoms with Crippen LogP contribution in [0.15, 0.2) is 0 Å². The molecule has 0 amide bonds. The number of esters is 1. The van der Waals surface area contributed by atoms with Crippen molar-refractivity contribution in [1.29, 1.82) is 0 Å². The average Bonchev–Trinajstić information content (AvgIpc) is 2.20. The van der Waals surface area contributed by atoms with Gasteiger partial charge >= 0.3 is 5.97 Å². The lowest BCUT2D eigenvalue weighted by molar-refractivity contribution is -0.155. The fourth-order valence-electron chi connectivity index (χ4n) is 1.41. The van der Waals surface area contributed by atoms with E-state index in [2.05, 4.69) is 11.8 Å². The highest BCUT2D eigenvalue weighted by molar-refractivity contribution is 5.70. The van der Waals surface area contributed by atoms with E-state index >= 15 is 0 Å².